The van der Waals surface area contributed by atoms with Gasteiger partial charge in [0.15, 0.2) is 0 Å². The summed E-state index contributed by atoms with van der Waals surface area (Å²) in [6.07, 6.45) is 2.01. The Morgan fingerprint density at radius 1 is 1.64 bits per heavy atom. The number of amides is 1. The van der Waals surface area contributed by atoms with Gasteiger partial charge >= 0.3 is 0 Å². The lowest BCUT2D eigenvalue weighted by Gasteiger charge is -2.12. The van der Waals surface area contributed by atoms with Crippen molar-refractivity contribution in [2.24, 2.45) is 0 Å². The van der Waals surface area contributed by atoms with Gasteiger partial charge in [0.2, 0.25) is 0 Å². The van der Waals surface area contributed by atoms with Gasteiger partial charge < -0.3 is 5.32 Å². The second kappa shape index (κ2) is 3.55. The third kappa shape index (κ3) is 1.93. The van der Waals surface area contributed by atoms with Crippen molar-refractivity contribution in [3.8, 4) is 0 Å². The van der Waals surface area contributed by atoms with E-state index >= 15 is 0 Å². The van der Waals surface area contributed by atoms with Gasteiger partial charge in [0, 0.05) is 10.8 Å². The summed E-state index contributed by atoms with van der Waals surface area (Å²) in [7, 11) is 0. The topological polar surface area (TPSA) is 29.1 Å². The summed E-state index contributed by atoms with van der Waals surface area (Å²) in [6, 6.07) is 3.82. The Morgan fingerprint density at radius 2 is 2.36 bits per heavy atom. The molecule has 2 rings (SSSR count). The lowest BCUT2D eigenvalue weighted by Crippen LogP contribution is -2.37. The second-order valence-electron chi connectivity index (χ2n) is 3.78. The number of carbonyl (C=O) groups is 1. The number of hydrogen-bond donors (Lipinski definition) is 1. The Balaban J connectivity index is 2.03. The van der Waals surface area contributed by atoms with Gasteiger partial charge in [-0.25, -0.2) is 0 Å². The van der Waals surface area contributed by atoms with Crippen LogP contribution in [0.25, 0.3) is 0 Å². The van der Waals surface area contributed by atoms with Crippen LogP contribution in [0, 0.1) is 6.92 Å². The van der Waals surface area contributed by atoms with Crippen molar-refractivity contribution in [2.45, 2.75) is 25.3 Å². The second-order valence-corrected chi connectivity index (χ2v) is 5.33. The Bertz CT molecular complexity index is 357. The minimum absolute atomic E-state index is 0.0150. The van der Waals surface area contributed by atoms with Gasteiger partial charge in [0.25, 0.3) is 5.91 Å². The van der Waals surface area contributed by atoms with Gasteiger partial charge in [0.1, 0.15) is 0 Å². The number of hydrogen-bond acceptors (Lipinski definition) is 2. The van der Waals surface area contributed by atoms with Gasteiger partial charge in [-0.1, -0.05) is 0 Å². The van der Waals surface area contributed by atoms with Crippen LogP contribution in [0.4, 0.5) is 0 Å². The van der Waals surface area contributed by atoms with Crippen LogP contribution in [0.2, 0.25) is 0 Å². The Morgan fingerprint density at radius 3 is 2.79 bits per heavy atom. The summed E-state index contributed by atoms with van der Waals surface area (Å²) < 4.78 is 0. The fourth-order valence-corrected chi connectivity index (χ4v) is 2.40. The normalized spacial score (nSPS) is 17.9. The van der Waals surface area contributed by atoms with E-state index in [-0.39, 0.29) is 11.4 Å². The average Bonchev–Trinajstić information content (AvgIpc) is 2.80. The molecule has 1 saturated carbocycles. The van der Waals surface area contributed by atoms with E-state index in [0.717, 1.165) is 22.6 Å². The van der Waals surface area contributed by atoms with Gasteiger partial charge in [0.05, 0.1) is 10.4 Å². The van der Waals surface area contributed by atoms with Crippen molar-refractivity contribution < 1.29 is 4.79 Å². The monoisotopic (exact) mass is 229 g/mol. The molecule has 0 aromatic carbocycles. The predicted octanol–water partition coefficient (Wildman–Crippen LogP) is 2.56. The summed E-state index contributed by atoms with van der Waals surface area (Å²) in [5.74, 6) is 0.532. The summed E-state index contributed by atoms with van der Waals surface area (Å²) in [6.45, 7) is 2.00. The van der Waals surface area contributed by atoms with E-state index in [1.807, 2.05) is 19.1 Å². The Labute approximate surface area is 92.3 Å². The Kier molecular flexibility index (Phi) is 2.54. The molecule has 14 heavy (non-hydrogen) atoms. The first-order chi connectivity index (χ1) is 6.65. The van der Waals surface area contributed by atoms with Gasteiger partial charge in [-0.15, -0.1) is 22.9 Å². The highest BCUT2D eigenvalue weighted by molar-refractivity contribution is 7.13. The van der Waals surface area contributed by atoms with E-state index in [0.29, 0.717) is 5.88 Å². The van der Waals surface area contributed by atoms with Crippen LogP contribution in [0.5, 0.6) is 0 Å². The fourth-order valence-electron chi connectivity index (χ4n) is 1.30. The minimum Gasteiger partial charge on any atom is -0.345 e. The molecule has 0 spiro atoms. The Hall–Kier alpha value is -0.540. The highest BCUT2D eigenvalue weighted by Gasteiger charge is 2.43. The van der Waals surface area contributed by atoms with Crippen molar-refractivity contribution in [1.29, 1.82) is 0 Å². The molecule has 1 aliphatic rings. The van der Waals surface area contributed by atoms with Crippen LogP contribution in [-0.4, -0.2) is 17.3 Å². The number of alkyl halides is 1. The molecule has 1 amide bonds. The van der Waals surface area contributed by atoms with Gasteiger partial charge in [-0.2, -0.15) is 0 Å². The highest BCUT2D eigenvalue weighted by Crippen LogP contribution is 2.36. The number of rotatable bonds is 3. The molecular weight excluding hydrogens is 218 g/mol. The molecule has 0 unspecified atom stereocenters. The summed E-state index contributed by atoms with van der Waals surface area (Å²) >= 11 is 7.30. The molecule has 2 nitrogen and oxygen atoms in total. The third-order valence-electron chi connectivity index (χ3n) is 2.45. The first-order valence-electron chi connectivity index (χ1n) is 4.60. The zero-order valence-corrected chi connectivity index (χ0v) is 9.54. The van der Waals surface area contributed by atoms with E-state index in [9.17, 15) is 4.79 Å². The molecule has 0 bridgehead atoms. The molecule has 1 N–H and O–H groups in total. The zero-order valence-electron chi connectivity index (χ0n) is 7.97. The third-order valence-corrected chi connectivity index (χ3v) is 3.96. The molecule has 4 heteroatoms. The van der Waals surface area contributed by atoms with Crippen LogP contribution in [0.15, 0.2) is 12.1 Å². The summed E-state index contributed by atoms with van der Waals surface area (Å²) in [5, 5.41) is 2.99. The fraction of sp³-hybridized carbons (Fsp3) is 0.500. The van der Waals surface area contributed by atoms with Crippen LogP contribution >= 0.6 is 22.9 Å². The van der Waals surface area contributed by atoms with Crippen molar-refractivity contribution in [1.82, 2.24) is 5.32 Å². The van der Waals surface area contributed by atoms with E-state index in [4.69, 9.17) is 11.6 Å². The molecule has 1 fully saturated rings. The zero-order chi connectivity index (χ0) is 10.2. The number of aryl methyl sites for hydroxylation is 1. The predicted molar refractivity (Wildman–Crippen MR) is 59.2 cm³/mol. The molecule has 0 radical (unpaired) electrons. The quantitative estimate of drug-likeness (QED) is 0.794. The molecule has 1 aromatic rings. The standard InChI is InChI=1S/C10H12ClNOS/c1-7-2-3-8(14-7)9(13)12-10(6-11)4-5-10/h2-3H,4-6H2,1H3,(H,12,13). The van der Waals surface area contributed by atoms with Crippen molar-refractivity contribution in [3.05, 3.63) is 21.9 Å². The molecule has 0 atom stereocenters. The van der Waals surface area contributed by atoms with E-state index in [2.05, 4.69) is 5.32 Å². The smallest absolute Gasteiger partial charge is 0.261 e. The van der Waals surface area contributed by atoms with Crippen LogP contribution < -0.4 is 5.32 Å². The maximum absolute atomic E-state index is 11.7. The number of nitrogens with one attached hydrogen (secondary N) is 1. The van der Waals surface area contributed by atoms with Crippen molar-refractivity contribution >= 4 is 28.8 Å². The number of carbonyl (C=O) groups excluding carboxylic acids is 1. The van der Waals surface area contributed by atoms with E-state index in [1.54, 1.807) is 0 Å². The maximum atomic E-state index is 11.7. The minimum atomic E-state index is -0.101. The highest BCUT2D eigenvalue weighted by atomic mass is 35.5. The molecule has 1 aliphatic carbocycles. The first kappa shape index (κ1) is 9.99. The van der Waals surface area contributed by atoms with Gasteiger partial charge in [-0.05, 0) is 31.9 Å². The van der Waals surface area contributed by atoms with Crippen LogP contribution in [0.1, 0.15) is 27.4 Å². The first-order valence-corrected chi connectivity index (χ1v) is 5.95. The maximum Gasteiger partial charge on any atom is 0.261 e. The largest absolute Gasteiger partial charge is 0.345 e. The SMILES string of the molecule is Cc1ccc(C(=O)NC2(CCl)CC2)s1. The molecule has 76 valence electrons. The molecule has 1 aromatic heterocycles. The lowest BCUT2D eigenvalue weighted by atomic mass is 10.3. The number of halogens is 1. The molecule has 0 saturated heterocycles. The average molecular weight is 230 g/mol. The summed E-state index contributed by atoms with van der Waals surface area (Å²) in [4.78, 5) is 13.6. The molecule has 0 aliphatic heterocycles. The van der Waals surface area contributed by atoms with Crippen LogP contribution in [-0.2, 0) is 0 Å². The van der Waals surface area contributed by atoms with Crippen molar-refractivity contribution in [2.75, 3.05) is 5.88 Å². The van der Waals surface area contributed by atoms with E-state index in [1.165, 1.54) is 11.3 Å². The summed E-state index contributed by atoms with van der Waals surface area (Å²) in [5.41, 5.74) is -0.101. The van der Waals surface area contributed by atoms with Crippen LogP contribution in [0.3, 0.4) is 0 Å². The van der Waals surface area contributed by atoms with Crippen molar-refractivity contribution in [3.63, 3.8) is 0 Å². The molecule has 1 heterocycles. The van der Waals surface area contributed by atoms with Gasteiger partial charge in [-0.3, -0.25) is 4.79 Å². The number of thiophene rings is 1. The van der Waals surface area contributed by atoms with E-state index < -0.39 is 0 Å². The lowest BCUT2D eigenvalue weighted by molar-refractivity contribution is 0.0940. The molecular formula is C10H12ClNOS.